The molecule has 5 nitrogen and oxygen atoms in total. The highest BCUT2D eigenvalue weighted by atomic mass is 16.1. The molecule has 0 atom stereocenters. The standard InChI is InChI=1S/C10H8N4O/c1-14-5-13-10-7(14)2-8(15)6-3-11-4-12-9(6)10/h2-4H,5H2,1H3. The van der Waals surface area contributed by atoms with Crippen molar-refractivity contribution in [1.29, 1.82) is 0 Å². The average Bonchev–Trinajstić information content (AvgIpc) is 2.62. The number of nitrogens with zero attached hydrogens (tertiary/aromatic N) is 4. The Bertz CT molecular complexity index is 518. The smallest absolute Gasteiger partial charge is 0.191 e. The molecule has 0 amide bonds. The van der Waals surface area contributed by atoms with Gasteiger partial charge >= 0.3 is 0 Å². The van der Waals surface area contributed by atoms with Gasteiger partial charge in [-0.15, -0.1) is 0 Å². The molecule has 2 heterocycles. The first-order valence-electron chi connectivity index (χ1n) is 4.60. The average molecular weight is 200 g/mol. The van der Waals surface area contributed by atoms with Crippen molar-refractivity contribution in [3.63, 3.8) is 0 Å². The van der Waals surface area contributed by atoms with Crippen LogP contribution in [0.25, 0.3) is 0 Å². The molecular formula is C10H8N4O. The molecule has 0 radical (unpaired) electrons. The van der Waals surface area contributed by atoms with Crippen LogP contribution in [-0.4, -0.2) is 40.1 Å². The van der Waals surface area contributed by atoms with Gasteiger partial charge < -0.3 is 4.90 Å². The van der Waals surface area contributed by atoms with Gasteiger partial charge in [0.15, 0.2) is 5.78 Å². The molecule has 1 aromatic heterocycles. The summed E-state index contributed by atoms with van der Waals surface area (Å²) in [5.41, 5.74) is 2.84. The molecule has 0 saturated heterocycles. The van der Waals surface area contributed by atoms with Crippen LogP contribution in [0.5, 0.6) is 0 Å². The molecule has 3 rings (SSSR count). The molecule has 0 bridgehead atoms. The minimum Gasteiger partial charge on any atom is -0.353 e. The van der Waals surface area contributed by atoms with E-state index in [1.807, 2.05) is 11.9 Å². The summed E-state index contributed by atoms with van der Waals surface area (Å²) in [7, 11) is 1.90. The van der Waals surface area contributed by atoms with E-state index in [-0.39, 0.29) is 5.78 Å². The molecular weight excluding hydrogens is 192 g/mol. The van der Waals surface area contributed by atoms with Crippen molar-refractivity contribution in [3.05, 3.63) is 35.6 Å². The number of carbonyl (C=O) groups excluding carboxylic acids is 1. The second-order valence-corrected chi connectivity index (χ2v) is 3.52. The monoisotopic (exact) mass is 200 g/mol. The Hall–Kier alpha value is -2.04. The number of allylic oxidation sites excluding steroid dienone is 2. The van der Waals surface area contributed by atoms with Gasteiger partial charge in [0.2, 0.25) is 0 Å². The summed E-state index contributed by atoms with van der Waals surface area (Å²) in [6, 6.07) is 0. The maximum atomic E-state index is 11.7. The summed E-state index contributed by atoms with van der Waals surface area (Å²) in [5, 5.41) is 0. The van der Waals surface area contributed by atoms with Crippen molar-refractivity contribution in [1.82, 2.24) is 14.9 Å². The molecule has 5 heteroatoms. The van der Waals surface area contributed by atoms with Gasteiger partial charge in [0.05, 0.1) is 11.3 Å². The Balaban J connectivity index is 2.26. The molecule has 1 aliphatic carbocycles. The van der Waals surface area contributed by atoms with E-state index in [4.69, 9.17) is 0 Å². The molecule has 2 aliphatic rings. The third-order valence-electron chi connectivity index (χ3n) is 2.56. The number of fused-ring (bicyclic) bond motifs is 3. The Morgan fingerprint density at radius 3 is 3.20 bits per heavy atom. The van der Waals surface area contributed by atoms with Crippen molar-refractivity contribution in [2.24, 2.45) is 4.99 Å². The zero-order chi connectivity index (χ0) is 10.4. The maximum Gasteiger partial charge on any atom is 0.191 e. The molecule has 0 unspecified atom stereocenters. The lowest BCUT2D eigenvalue weighted by molar-refractivity contribution is 0.104. The van der Waals surface area contributed by atoms with Gasteiger partial charge in [-0.2, -0.15) is 0 Å². The van der Waals surface area contributed by atoms with Crippen LogP contribution in [-0.2, 0) is 0 Å². The summed E-state index contributed by atoms with van der Waals surface area (Å²) >= 11 is 0. The summed E-state index contributed by atoms with van der Waals surface area (Å²) < 4.78 is 0. The third kappa shape index (κ3) is 1.03. The first-order chi connectivity index (χ1) is 7.27. The highest BCUT2D eigenvalue weighted by molar-refractivity contribution is 6.25. The van der Waals surface area contributed by atoms with E-state index < -0.39 is 0 Å². The normalized spacial score (nSPS) is 18.2. The van der Waals surface area contributed by atoms with E-state index in [1.165, 1.54) is 6.33 Å². The lowest BCUT2D eigenvalue weighted by atomic mass is 9.98. The van der Waals surface area contributed by atoms with E-state index >= 15 is 0 Å². The highest BCUT2D eigenvalue weighted by Crippen LogP contribution is 2.24. The van der Waals surface area contributed by atoms with Crippen LogP contribution in [0.1, 0.15) is 16.1 Å². The predicted molar refractivity (Wildman–Crippen MR) is 53.6 cm³/mol. The number of likely N-dealkylation sites (N-methyl/N-ethyl adjacent to an activating group) is 1. The Morgan fingerprint density at radius 1 is 1.47 bits per heavy atom. The van der Waals surface area contributed by atoms with Crippen LogP contribution in [0.15, 0.2) is 29.3 Å². The van der Waals surface area contributed by atoms with Crippen molar-refractivity contribution in [3.8, 4) is 0 Å². The van der Waals surface area contributed by atoms with Gasteiger partial charge in [-0.25, -0.2) is 9.97 Å². The lowest BCUT2D eigenvalue weighted by Gasteiger charge is -2.17. The summed E-state index contributed by atoms with van der Waals surface area (Å²) in [5.74, 6) is -0.0479. The molecule has 0 aromatic carbocycles. The largest absolute Gasteiger partial charge is 0.353 e. The first-order valence-corrected chi connectivity index (χ1v) is 4.60. The number of ketones is 1. The lowest BCUT2D eigenvalue weighted by Crippen LogP contribution is -2.24. The summed E-state index contributed by atoms with van der Waals surface area (Å²) in [4.78, 5) is 26.0. The predicted octanol–water partition coefficient (Wildman–Crippen LogP) is 0.249. The SMILES string of the molecule is CN1CN=C2C1=CC(=O)c1cncnc12. The fourth-order valence-corrected chi connectivity index (χ4v) is 1.79. The second-order valence-electron chi connectivity index (χ2n) is 3.52. The number of rotatable bonds is 0. The van der Waals surface area contributed by atoms with E-state index in [9.17, 15) is 4.79 Å². The molecule has 1 aromatic rings. The molecule has 0 N–H and O–H groups in total. The van der Waals surface area contributed by atoms with Crippen molar-refractivity contribution in [2.45, 2.75) is 0 Å². The number of hydrogen-bond acceptors (Lipinski definition) is 5. The van der Waals surface area contributed by atoms with E-state index in [0.717, 1.165) is 11.4 Å². The van der Waals surface area contributed by atoms with Gasteiger partial charge in [-0.3, -0.25) is 9.79 Å². The van der Waals surface area contributed by atoms with Gasteiger partial charge in [-0.1, -0.05) is 0 Å². The molecule has 15 heavy (non-hydrogen) atoms. The Morgan fingerprint density at radius 2 is 2.33 bits per heavy atom. The van der Waals surface area contributed by atoms with Crippen LogP contribution in [0.3, 0.4) is 0 Å². The number of aliphatic imine (C=N–C) groups is 1. The van der Waals surface area contributed by atoms with Crippen LogP contribution in [0, 0.1) is 0 Å². The van der Waals surface area contributed by atoms with Crippen LogP contribution < -0.4 is 0 Å². The second kappa shape index (κ2) is 2.73. The Kier molecular flexibility index (Phi) is 1.50. The first kappa shape index (κ1) is 8.28. The van der Waals surface area contributed by atoms with Crippen LogP contribution in [0.2, 0.25) is 0 Å². The van der Waals surface area contributed by atoms with E-state index in [2.05, 4.69) is 15.0 Å². The minimum atomic E-state index is -0.0479. The van der Waals surface area contributed by atoms with E-state index in [0.29, 0.717) is 17.9 Å². The van der Waals surface area contributed by atoms with E-state index in [1.54, 1.807) is 12.3 Å². The van der Waals surface area contributed by atoms with Crippen molar-refractivity contribution >= 4 is 11.5 Å². The van der Waals surface area contributed by atoms with Gasteiger partial charge in [0.1, 0.15) is 24.4 Å². The van der Waals surface area contributed by atoms with Crippen LogP contribution >= 0.6 is 0 Å². The zero-order valence-corrected chi connectivity index (χ0v) is 8.14. The van der Waals surface area contributed by atoms with Crippen LogP contribution in [0.4, 0.5) is 0 Å². The molecule has 0 spiro atoms. The Labute approximate surface area is 86.2 Å². The summed E-state index contributed by atoms with van der Waals surface area (Å²) in [6.45, 7) is 0.581. The number of aromatic nitrogens is 2. The highest BCUT2D eigenvalue weighted by Gasteiger charge is 2.30. The third-order valence-corrected chi connectivity index (χ3v) is 2.56. The maximum absolute atomic E-state index is 11.7. The fraction of sp³-hybridized carbons (Fsp3) is 0.200. The van der Waals surface area contributed by atoms with Crippen molar-refractivity contribution < 1.29 is 4.79 Å². The zero-order valence-electron chi connectivity index (χ0n) is 8.14. The minimum absolute atomic E-state index is 0.0479. The number of carbonyl (C=O) groups is 1. The summed E-state index contributed by atoms with van der Waals surface area (Å²) in [6.07, 6.45) is 4.58. The van der Waals surface area contributed by atoms with Gasteiger partial charge in [-0.05, 0) is 0 Å². The molecule has 0 fully saturated rings. The molecule has 1 aliphatic heterocycles. The molecule has 0 saturated carbocycles. The van der Waals surface area contributed by atoms with Gasteiger partial charge in [0, 0.05) is 19.3 Å². The quantitative estimate of drug-likeness (QED) is 0.602. The molecule has 74 valence electrons. The van der Waals surface area contributed by atoms with Crippen molar-refractivity contribution in [2.75, 3.05) is 13.7 Å². The fourth-order valence-electron chi connectivity index (χ4n) is 1.79. The van der Waals surface area contributed by atoms with Gasteiger partial charge in [0.25, 0.3) is 0 Å². The topological polar surface area (TPSA) is 58.5 Å². The number of hydrogen-bond donors (Lipinski definition) is 0.